The Labute approximate surface area is 148 Å². The highest BCUT2D eigenvalue weighted by Gasteiger charge is 2.08. The molecule has 0 saturated carbocycles. The van der Waals surface area contributed by atoms with Crippen LogP contribution in [0.25, 0.3) is 0 Å². The van der Waals surface area contributed by atoms with E-state index in [1.807, 2.05) is 19.1 Å². The highest BCUT2D eigenvalue weighted by Crippen LogP contribution is 2.24. The predicted octanol–water partition coefficient (Wildman–Crippen LogP) is 4.09. The minimum atomic E-state index is -0.235. The Morgan fingerprint density at radius 2 is 1.60 bits per heavy atom. The molecule has 0 aliphatic heterocycles. The van der Waals surface area contributed by atoms with Crippen LogP contribution in [0.4, 0.5) is 11.4 Å². The van der Waals surface area contributed by atoms with Crippen molar-refractivity contribution in [3.8, 4) is 5.75 Å². The number of hydrogen-bond donors (Lipinski definition) is 2. The first kappa shape index (κ1) is 18.5. The van der Waals surface area contributed by atoms with Gasteiger partial charge in [-0.2, -0.15) is 0 Å². The molecule has 5 nitrogen and oxygen atoms in total. The minimum absolute atomic E-state index is 0.0597. The summed E-state index contributed by atoms with van der Waals surface area (Å²) in [6.07, 6.45) is 0. The van der Waals surface area contributed by atoms with E-state index < -0.39 is 0 Å². The Balaban J connectivity index is 1.92. The molecule has 132 valence electrons. The van der Waals surface area contributed by atoms with E-state index in [4.69, 9.17) is 4.74 Å². The molecule has 0 heterocycles. The normalized spacial score (nSPS) is 10.4. The number of benzene rings is 2. The summed E-state index contributed by atoms with van der Waals surface area (Å²) in [5.74, 6) is 0.757. The fraction of sp³-hybridized carbons (Fsp3) is 0.300. The Kier molecular flexibility index (Phi) is 6.17. The molecular weight excluding hydrogens is 316 g/mol. The summed E-state index contributed by atoms with van der Waals surface area (Å²) in [6, 6.07) is 13.0. The smallest absolute Gasteiger partial charge is 0.262 e. The average molecular weight is 340 g/mol. The third-order valence-corrected chi connectivity index (χ3v) is 3.73. The van der Waals surface area contributed by atoms with Crippen molar-refractivity contribution in [2.75, 3.05) is 17.2 Å². The van der Waals surface area contributed by atoms with Gasteiger partial charge in [-0.15, -0.1) is 0 Å². The largest absolute Gasteiger partial charge is 0.483 e. The van der Waals surface area contributed by atoms with Crippen LogP contribution >= 0.6 is 0 Å². The van der Waals surface area contributed by atoms with Crippen molar-refractivity contribution in [3.05, 3.63) is 53.6 Å². The third kappa shape index (κ3) is 5.64. The SMILES string of the molecule is CC(=O)Nc1ccc(NC(=O)COc2cc(C(C)C)ccc2C)cc1. The number of amides is 2. The summed E-state index contributed by atoms with van der Waals surface area (Å²) in [7, 11) is 0. The summed E-state index contributed by atoms with van der Waals surface area (Å²) >= 11 is 0. The molecule has 0 saturated heterocycles. The van der Waals surface area contributed by atoms with Crippen LogP contribution in [-0.4, -0.2) is 18.4 Å². The van der Waals surface area contributed by atoms with Crippen molar-refractivity contribution in [1.29, 1.82) is 0 Å². The molecular formula is C20H24N2O3. The van der Waals surface area contributed by atoms with Crippen molar-refractivity contribution in [2.24, 2.45) is 0 Å². The molecule has 5 heteroatoms. The Bertz CT molecular complexity index is 752. The van der Waals surface area contributed by atoms with Crippen LogP contribution in [0.2, 0.25) is 0 Å². The van der Waals surface area contributed by atoms with Crippen molar-refractivity contribution < 1.29 is 14.3 Å². The van der Waals surface area contributed by atoms with E-state index in [2.05, 4.69) is 30.5 Å². The van der Waals surface area contributed by atoms with Gasteiger partial charge in [0, 0.05) is 18.3 Å². The molecule has 0 aliphatic rings. The molecule has 2 rings (SSSR count). The van der Waals surface area contributed by atoms with Crippen molar-refractivity contribution in [1.82, 2.24) is 0 Å². The third-order valence-electron chi connectivity index (χ3n) is 3.73. The molecule has 0 bridgehead atoms. The predicted molar refractivity (Wildman–Crippen MR) is 100 cm³/mol. The van der Waals surface area contributed by atoms with E-state index in [0.29, 0.717) is 17.3 Å². The van der Waals surface area contributed by atoms with Gasteiger partial charge in [-0.1, -0.05) is 26.0 Å². The second kappa shape index (κ2) is 8.33. The van der Waals surface area contributed by atoms with Crippen molar-refractivity contribution >= 4 is 23.2 Å². The summed E-state index contributed by atoms with van der Waals surface area (Å²) < 4.78 is 5.67. The standard InChI is InChI=1S/C20H24N2O3/c1-13(2)16-6-5-14(3)19(11-16)25-12-20(24)22-18-9-7-17(8-10-18)21-15(4)23/h5-11,13H,12H2,1-4H3,(H,21,23)(H,22,24). The van der Waals surface area contributed by atoms with E-state index in [1.54, 1.807) is 24.3 Å². The minimum Gasteiger partial charge on any atom is -0.483 e. The van der Waals surface area contributed by atoms with Crippen LogP contribution in [-0.2, 0) is 9.59 Å². The van der Waals surface area contributed by atoms with Crippen LogP contribution in [0.15, 0.2) is 42.5 Å². The van der Waals surface area contributed by atoms with Crippen LogP contribution in [0, 0.1) is 6.92 Å². The Morgan fingerprint density at radius 1 is 1.00 bits per heavy atom. The van der Waals surface area contributed by atoms with Gasteiger partial charge in [0.05, 0.1) is 0 Å². The number of carbonyl (C=O) groups excluding carboxylic acids is 2. The van der Waals surface area contributed by atoms with Crippen LogP contribution in [0.1, 0.15) is 37.8 Å². The number of nitrogens with one attached hydrogen (secondary N) is 2. The quantitative estimate of drug-likeness (QED) is 0.832. The highest BCUT2D eigenvalue weighted by atomic mass is 16.5. The number of carbonyl (C=O) groups is 2. The first-order valence-electron chi connectivity index (χ1n) is 8.26. The average Bonchev–Trinajstić information content (AvgIpc) is 2.55. The molecule has 2 N–H and O–H groups in total. The van der Waals surface area contributed by atoms with Crippen LogP contribution in [0.3, 0.4) is 0 Å². The van der Waals surface area contributed by atoms with Gasteiger partial charge in [0.15, 0.2) is 6.61 Å². The summed E-state index contributed by atoms with van der Waals surface area (Å²) in [5.41, 5.74) is 3.50. The van der Waals surface area contributed by atoms with Gasteiger partial charge < -0.3 is 15.4 Å². The van der Waals surface area contributed by atoms with Gasteiger partial charge in [0.25, 0.3) is 5.91 Å². The number of aryl methyl sites for hydroxylation is 1. The lowest BCUT2D eigenvalue weighted by molar-refractivity contribution is -0.118. The molecule has 25 heavy (non-hydrogen) atoms. The van der Waals surface area contributed by atoms with Gasteiger partial charge in [0.1, 0.15) is 5.75 Å². The molecule has 0 spiro atoms. The number of ether oxygens (including phenoxy) is 1. The van der Waals surface area contributed by atoms with Gasteiger partial charge >= 0.3 is 0 Å². The highest BCUT2D eigenvalue weighted by molar-refractivity contribution is 5.93. The van der Waals surface area contributed by atoms with Gasteiger partial charge in [0.2, 0.25) is 5.91 Å². The van der Waals surface area contributed by atoms with Gasteiger partial charge in [-0.05, 0) is 54.3 Å². The molecule has 0 aliphatic carbocycles. The monoisotopic (exact) mass is 340 g/mol. The maximum Gasteiger partial charge on any atom is 0.262 e. The fourth-order valence-corrected chi connectivity index (χ4v) is 2.31. The molecule has 0 atom stereocenters. The molecule has 0 unspecified atom stereocenters. The lowest BCUT2D eigenvalue weighted by Crippen LogP contribution is -2.20. The zero-order valence-corrected chi connectivity index (χ0v) is 15.1. The second-order valence-corrected chi connectivity index (χ2v) is 6.28. The zero-order valence-electron chi connectivity index (χ0n) is 15.1. The number of rotatable bonds is 6. The molecule has 2 aromatic rings. The fourth-order valence-electron chi connectivity index (χ4n) is 2.31. The maximum absolute atomic E-state index is 12.1. The van der Waals surface area contributed by atoms with E-state index in [0.717, 1.165) is 11.3 Å². The van der Waals surface area contributed by atoms with Gasteiger partial charge in [-0.3, -0.25) is 9.59 Å². The summed E-state index contributed by atoms with van der Waals surface area (Å²) in [4.78, 5) is 23.1. The zero-order chi connectivity index (χ0) is 18.4. The van der Waals surface area contributed by atoms with Gasteiger partial charge in [-0.25, -0.2) is 0 Å². The maximum atomic E-state index is 12.1. The first-order chi connectivity index (χ1) is 11.8. The van der Waals surface area contributed by atoms with E-state index in [1.165, 1.54) is 12.5 Å². The number of anilines is 2. The molecule has 0 fully saturated rings. The van der Waals surface area contributed by atoms with E-state index >= 15 is 0 Å². The first-order valence-corrected chi connectivity index (χ1v) is 8.26. The number of hydrogen-bond acceptors (Lipinski definition) is 3. The lowest BCUT2D eigenvalue weighted by Gasteiger charge is -2.13. The van der Waals surface area contributed by atoms with Crippen LogP contribution in [0.5, 0.6) is 5.75 Å². The summed E-state index contributed by atoms with van der Waals surface area (Å²) in [6.45, 7) is 7.58. The van der Waals surface area contributed by atoms with Crippen molar-refractivity contribution in [2.45, 2.75) is 33.6 Å². The van der Waals surface area contributed by atoms with E-state index in [9.17, 15) is 9.59 Å². The molecule has 2 aromatic carbocycles. The molecule has 0 radical (unpaired) electrons. The van der Waals surface area contributed by atoms with E-state index in [-0.39, 0.29) is 18.4 Å². The topological polar surface area (TPSA) is 67.4 Å². The molecule has 2 amide bonds. The Hall–Kier alpha value is -2.82. The van der Waals surface area contributed by atoms with Crippen LogP contribution < -0.4 is 15.4 Å². The Morgan fingerprint density at radius 3 is 2.16 bits per heavy atom. The molecule has 0 aromatic heterocycles. The summed E-state index contributed by atoms with van der Waals surface area (Å²) in [5, 5.41) is 5.45. The lowest BCUT2D eigenvalue weighted by atomic mass is 10.0. The van der Waals surface area contributed by atoms with Crippen molar-refractivity contribution in [3.63, 3.8) is 0 Å². The second-order valence-electron chi connectivity index (χ2n) is 6.28.